The van der Waals surface area contributed by atoms with Gasteiger partial charge in [-0.15, -0.1) is 0 Å². The molecule has 0 amide bonds. The Balaban J connectivity index is 1.98. The van der Waals surface area contributed by atoms with Crippen LogP contribution in [0.5, 0.6) is 5.75 Å². The van der Waals surface area contributed by atoms with Crippen molar-refractivity contribution in [3.8, 4) is 16.9 Å². The van der Waals surface area contributed by atoms with Gasteiger partial charge < -0.3 is 5.11 Å². The Bertz CT molecular complexity index is 693. The predicted molar refractivity (Wildman–Crippen MR) is 84.1 cm³/mol. The second kappa shape index (κ2) is 5.85. The van der Waals surface area contributed by atoms with Crippen LogP contribution in [0.4, 0.5) is 0 Å². The summed E-state index contributed by atoms with van der Waals surface area (Å²) in [7, 11) is 0. The van der Waals surface area contributed by atoms with E-state index in [-0.39, 0.29) is 0 Å². The molecule has 0 spiro atoms. The first kappa shape index (κ1) is 12.8. The van der Waals surface area contributed by atoms with E-state index in [1.807, 2.05) is 78.9 Å². The molecule has 0 aliphatic rings. The van der Waals surface area contributed by atoms with E-state index in [1.54, 1.807) is 11.8 Å². The zero-order valence-corrected chi connectivity index (χ0v) is 11.7. The molecular formula is C18H14OS. The summed E-state index contributed by atoms with van der Waals surface area (Å²) in [6, 6.07) is 25.9. The molecule has 1 N–H and O–H groups in total. The third kappa shape index (κ3) is 2.70. The van der Waals surface area contributed by atoms with E-state index in [2.05, 4.69) is 0 Å². The second-order valence-electron chi connectivity index (χ2n) is 4.43. The molecular weight excluding hydrogens is 264 g/mol. The zero-order chi connectivity index (χ0) is 13.8. The number of aromatic hydroxyl groups is 1. The van der Waals surface area contributed by atoms with Gasteiger partial charge in [-0.2, -0.15) is 0 Å². The third-order valence-electron chi connectivity index (χ3n) is 3.05. The molecule has 98 valence electrons. The van der Waals surface area contributed by atoms with Gasteiger partial charge in [-0.25, -0.2) is 0 Å². The van der Waals surface area contributed by atoms with Crippen LogP contribution in [0.3, 0.4) is 0 Å². The van der Waals surface area contributed by atoms with E-state index in [4.69, 9.17) is 0 Å². The van der Waals surface area contributed by atoms with Crippen molar-refractivity contribution in [1.82, 2.24) is 0 Å². The van der Waals surface area contributed by atoms with Crippen LogP contribution in [0.25, 0.3) is 11.1 Å². The van der Waals surface area contributed by atoms with E-state index >= 15 is 0 Å². The topological polar surface area (TPSA) is 20.2 Å². The summed E-state index contributed by atoms with van der Waals surface area (Å²) >= 11 is 1.57. The van der Waals surface area contributed by atoms with Crippen molar-refractivity contribution in [2.75, 3.05) is 0 Å². The number of phenols is 1. The molecule has 0 saturated heterocycles. The van der Waals surface area contributed by atoms with Crippen LogP contribution < -0.4 is 0 Å². The van der Waals surface area contributed by atoms with Gasteiger partial charge in [0.15, 0.2) is 0 Å². The molecule has 3 aromatic rings. The SMILES string of the molecule is Oc1c(Sc2ccccc2)cccc1-c1ccccc1. The first-order valence-electron chi connectivity index (χ1n) is 6.45. The first-order valence-corrected chi connectivity index (χ1v) is 7.26. The largest absolute Gasteiger partial charge is 0.506 e. The Morgan fingerprint density at radius 3 is 2.00 bits per heavy atom. The number of para-hydroxylation sites is 1. The van der Waals surface area contributed by atoms with Crippen molar-refractivity contribution < 1.29 is 5.11 Å². The molecule has 0 bridgehead atoms. The fourth-order valence-electron chi connectivity index (χ4n) is 2.07. The Morgan fingerprint density at radius 1 is 0.650 bits per heavy atom. The lowest BCUT2D eigenvalue weighted by Crippen LogP contribution is -1.82. The molecule has 0 atom stereocenters. The van der Waals surface area contributed by atoms with Crippen LogP contribution in [0.15, 0.2) is 88.7 Å². The van der Waals surface area contributed by atoms with E-state index in [0.29, 0.717) is 5.75 Å². The van der Waals surface area contributed by atoms with E-state index in [0.717, 1.165) is 20.9 Å². The Labute approximate surface area is 122 Å². The van der Waals surface area contributed by atoms with E-state index in [9.17, 15) is 5.11 Å². The van der Waals surface area contributed by atoms with Crippen LogP contribution in [-0.4, -0.2) is 5.11 Å². The van der Waals surface area contributed by atoms with Gasteiger partial charge in [-0.1, -0.05) is 72.4 Å². The van der Waals surface area contributed by atoms with Crippen LogP contribution in [0.2, 0.25) is 0 Å². The van der Waals surface area contributed by atoms with E-state index in [1.165, 1.54) is 0 Å². The molecule has 0 saturated carbocycles. The van der Waals surface area contributed by atoms with Gasteiger partial charge >= 0.3 is 0 Å². The van der Waals surface area contributed by atoms with Crippen molar-refractivity contribution in [1.29, 1.82) is 0 Å². The Kier molecular flexibility index (Phi) is 3.75. The van der Waals surface area contributed by atoms with Gasteiger partial charge in [0.2, 0.25) is 0 Å². The van der Waals surface area contributed by atoms with Gasteiger partial charge in [-0.3, -0.25) is 0 Å². The molecule has 1 nitrogen and oxygen atoms in total. The summed E-state index contributed by atoms with van der Waals surface area (Å²) in [6.07, 6.45) is 0. The fraction of sp³-hybridized carbons (Fsp3) is 0. The highest BCUT2D eigenvalue weighted by atomic mass is 32.2. The second-order valence-corrected chi connectivity index (χ2v) is 5.55. The van der Waals surface area contributed by atoms with Gasteiger partial charge in [-0.05, 0) is 23.8 Å². The Morgan fingerprint density at radius 2 is 1.30 bits per heavy atom. The maximum atomic E-state index is 10.5. The van der Waals surface area contributed by atoms with Gasteiger partial charge in [0.25, 0.3) is 0 Å². The molecule has 3 aromatic carbocycles. The van der Waals surface area contributed by atoms with Crippen LogP contribution in [-0.2, 0) is 0 Å². The molecule has 0 aliphatic heterocycles. The molecule has 0 heterocycles. The van der Waals surface area contributed by atoms with Crippen LogP contribution in [0, 0.1) is 0 Å². The van der Waals surface area contributed by atoms with Crippen molar-refractivity contribution in [3.05, 3.63) is 78.9 Å². The number of rotatable bonds is 3. The number of benzene rings is 3. The predicted octanol–water partition coefficient (Wildman–Crippen LogP) is 5.21. The fourth-order valence-corrected chi connectivity index (χ4v) is 2.97. The smallest absolute Gasteiger partial charge is 0.137 e. The van der Waals surface area contributed by atoms with E-state index < -0.39 is 0 Å². The monoisotopic (exact) mass is 278 g/mol. The molecule has 0 fully saturated rings. The van der Waals surface area contributed by atoms with Gasteiger partial charge in [0, 0.05) is 10.5 Å². The zero-order valence-electron chi connectivity index (χ0n) is 10.9. The average Bonchev–Trinajstić information content (AvgIpc) is 2.51. The highest BCUT2D eigenvalue weighted by molar-refractivity contribution is 7.99. The van der Waals surface area contributed by atoms with Crippen molar-refractivity contribution in [3.63, 3.8) is 0 Å². The maximum Gasteiger partial charge on any atom is 0.137 e. The summed E-state index contributed by atoms with van der Waals surface area (Å²) in [4.78, 5) is 1.99. The van der Waals surface area contributed by atoms with Gasteiger partial charge in [0.05, 0.1) is 4.90 Å². The average molecular weight is 278 g/mol. The lowest BCUT2D eigenvalue weighted by Gasteiger charge is -2.09. The van der Waals surface area contributed by atoms with Crippen molar-refractivity contribution in [2.24, 2.45) is 0 Å². The summed E-state index contributed by atoms with van der Waals surface area (Å²) < 4.78 is 0. The molecule has 0 unspecified atom stereocenters. The molecule has 0 aromatic heterocycles. The molecule has 0 aliphatic carbocycles. The number of hydrogen-bond acceptors (Lipinski definition) is 2. The molecule has 3 rings (SSSR count). The van der Waals surface area contributed by atoms with Gasteiger partial charge in [0.1, 0.15) is 5.75 Å². The minimum atomic E-state index is 0.340. The van der Waals surface area contributed by atoms with Crippen molar-refractivity contribution in [2.45, 2.75) is 9.79 Å². The van der Waals surface area contributed by atoms with Crippen LogP contribution >= 0.6 is 11.8 Å². The normalized spacial score (nSPS) is 10.4. The minimum absolute atomic E-state index is 0.340. The summed E-state index contributed by atoms with van der Waals surface area (Å²) in [6.45, 7) is 0. The summed E-state index contributed by atoms with van der Waals surface area (Å²) in [5.74, 6) is 0.340. The lowest BCUT2D eigenvalue weighted by atomic mass is 10.1. The maximum absolute atomic E-state index is 10.5. The standard InChI is InChI=1S/C18H14OS/c19-18-16(14-8-3-1-4-9-14)12-7-13-17(18)20-15-10-5-2-6-11-15/h1-13,19H. The number of phenolic OH excluding ortho intramolecular Hbond substituents is 1. The molecule has 0 radical (unpaired) electrons. The first-order chi connectivity index (χ1) is 9.84. The Hall–Kier alpha value is -2.19. The quantitative estimate of drug-likeness (QED) is 0.709. The highest BCUT2D eigenvalue weighted by Gasteiger charge is 2.09. The third-order valence-corrected chi connectivity index (χ3v) is 4.11. The number of hydrogen-bond donors (Lipinski definition) is 1. The summed E-state index contributed by atoms with van der Waals surface area (Å²) in [5.41, 5.74) is 1.90. The lowest BCUT2D eigenvalue weighted by molar-refractivity contribution is 0.464. The minimum Gasteiger partial charge on any atom is -0.506 e. The van der Waals surface area contributed by atoms with Crippen LogP contribution in [0.1, 0.15) is 0 Å². The van der Waals surface area contributed by atoms with Crippen molar-refractivity contribution >= 4 is 11.8 Å². The molecule has 20 heavy (non-hydrogen) atoms. The highest BCUT2D eigenvalue weighted by Crippen LogP contribution is 2.40. The summed E-state index contributed by atoms with van der Waals surface area (Å²) in [5, 5.41) is 10.5. The molecule has 2 heteroatoms.